The van der Waals surface area contributed by atoms with Gasteiger partial charge in [0, 0.05) is 11.3 Å². The summed E-state index contributed by atoms with van der Waals surface area (Å²) in [5, 5.41) is 21.7. The molecule has 0 saturated heterocycles. The first-order chi connectivity index (χ1) is 8.45. The van der Waals surface area contributed by atoms with Crippen molar-refractivity contribution in [1.29, 1.82) is 0 Å². The number of carbonyl (C=O) groups excluding carboxylic acids is 1. The van der Waals surface area contributed by atoms with Gasteiger partial charge in [0.15, 0.2) is 6.04 Å². The molecule has 0 radical (unpaired) electrons. The molecular formula is C11H13FN2O4. The molecule has 1 aromatic rings. The summed E-state index contributed by atoms with van der Waals surface area (Å²) in [7, 11) is 0. The van der Waals surface area contributed by atoms with E-state index in [2.05, 4.69) is 5.32 Å². The average molecular weight is 256 g/mol. The van der Waals surface area contributed by atoms with Gasteiger partial charge in [-0.15, -0.1) is 0 Å². The summed E-state index contributed by atoms with van der Waals surface area (Å²) in [5.74, 6) is -1.84. The van der Waals surface area contributed by atoms with Gasteiger partial charge in [0.2, 0.25) is 0 Å². The second kappa shape index (κ2) is 5.97. The second-order valence-electron chi connectivity index (χ2n) is 3.58. The number of aliphatic carboxylic acids is 1. The maximum atomic E-state index is 13.2. The zero-order valence-corrected chi connectivity index (χ0v) is 9.61. The van der Waals surface area contributed by atoms with Gasteiger partial charge in [-0.05, 0) is 19.1 Å². The fourth-order valence-corrected chi connectivity index (χ4v) is 1.25. The molecule has 0 aromatic heterocycles. The van der Waals surface area contributed by atoms with E-state index in [9.17, 15) is 14.0 Å². The van der Waals surface area contributed by atoms with Crippen LogP contribution >= 0.6 is 0 Å². The van der Waals surface area contributed by atoms with Crippen LogP contribution in [-0.4, -0.2) is 34.9 Å². The van der Waals surface area contributed by atoms with Gasteiger partial charge in [0.05, 0.1) is 6.61 Å². The van der Waals surface area contributed by atoms with Crippen LogP contribution in [-0.2, 0) is 4.79 Å². The Labute approximate surface area is 102 Å². The summed E-state index contributed by atoms with van der Waals surface area (Å²) in [6.45, 7) is 0.747. The van der Waals surface area contributed by atoms with E-state index in [1.165, 1.54) is 25.1 Å². The van der Waals surface area contributed by atoms with Crippen molar-refractivity contribution < 1.29 is 24.2 Å². The highest BCUT2D eigenvalue weighted by Crippen LogP contribution is 2.17. The van der Waals surface area contributed by atoms with Crippen LogP contribution < -0.4 is 10.6 Å². The number of aliphatic hydroxyl groups is 1. The van der Waals surface area contributed by atoms with Crippen LogP contribution in [0.5, 0.6) is 0 Å². The van der Waals surface area contributed by atoms with Crippen molar-refractivity contribution in [3.8, 4) is 0 Å². The maximum Gasteiger partial charge on any atom is 0.328 e. The standard InChI is InChI=1S/C11H13FN2O4/c1-6-7(12)3-2-4-8(6)13-11(18)14-9(5-15)10(16)17/h2-4,9,15H,5H2,1H3,(H,16,17)(H2,13,14,18). The van der Waals surface area contributed by atoms with Crippen molar-refractivity contribution in [1.82, 2.24) is 5.32 Å². The molecule has 1 aromatic carbocycles. The molecule has 1 rings (SSSR count). The van der Waals surface area contributed by atoms with Crippen molar-refractivity contribution in [3.63, 3.8) is 0 Å². The number of anilines is 1. The molecule has 0 aliphatic carbocycles. The lowest BCUT2D eigenvalue weighted by molar-refractivity contribution is -0.140. The SMILES string of the molecule is Cc1c(F)cccc1NC(=O)NC(CO)C(=O)O. The zero-order chi connectivity index (χ0) is 13.7. The molecule has 1 unspecified atom stereocenters. The Morgan fingerprint density at radius 3 is 2.67 bits per heavy atom. The number of nitrogens with one attached hydrogen (secondary N) is 2. The number of rotatable bonds is 4. The largest absolute Gasteiger partial charge is 0.480 e. The van der Waals surface area contributed by atoms with E-state index in [0.29, 0.717) is 0 Å². The van der Waals surface area contributed by atoms with E-state index in [4.69, 9.17) is 10.2 Å². The smallest absolute Gasteiger partial charge is 0.328 e. The Bertz CT molecular complexity index is 464. The third-order valence-corrected chi connectivity index (χ3v) is 2.30. The monoisotopic (exact) mass is 256 g/mol. The first-order valence-corrected chi connectivity index (χ1v) is 5.12. The first kappa shape index (κ1) is 13.9. The zero-order valence-electron chi connectivity index (χ0n) is 9.61. The summed E-state index contributed by atoms with van der Waals surface area (Å²) < 4.78 is 13.2. The van der Waals surface area contributed by atoms with Gasteiger partial charge in [0.25, 0.3) is 0 Å². The van der Waals surface area contributed by atoms with Crippen LogP contribution in [0.3, 0.4) is 0 Å². The van der Waals surface area contributed by atoms with Gasteiger partial charge in [-0.3, -0.25) is 0 Å². The van der Waals surface area contributed by atoms with E-state index in [0.717, 1.165) is 0 Å². The van der Waals surface area contributed by atoms with Crippen LogP contribution in [0, 0.1) is 12.7 Å². The molecule has 0 aliphatic heterocycles. The fraction of sp³-hybridized carbons (Fsp3) is 0.273. The molecule has 18 heavy (non-hydrogen) atoms. The second-order valence-corrected chi connectivity index (χ2v) is 3.58. The molecule has 6 nitrogen and oxygen atoms in total. The summed E-state index contributed by atoms with van der Waals surface area (Å²) in [4.78, 5) is 22.0. The number of amides is 2. The highest BCUT2D eigenvalue weighted by molar-refractivity contribution is 5.92. The third kappa shape index (κ3) is 3.42. The van der Waals surface area contributed by atoms with E-state index >= 15 is 0 Å². The van der Waals surface area contributed by atoms with Crippen molar-refractivity contribution in [3.05, 3.63) is 29.6 Å². The lowest BCUT2D eigenvalue weighted by Gasteiger charge is -2.13. The van der Waals surface area contributed by atoms with Crippen molar-refractivity contribution in [2.75, 3.05) is 11.9 Å². The molecule has 1 atom stereocenters. The van der Waals surface area contributed by atoms with Crippen LogP contribution in [0.25, 0.3) is 0 Å². The van der Waals surface area contributed by atoms with Crippen molar-refractivity contribution in [2.24, 2.45) is 0 Å². The third-order valence-electron chi connectivity index (χ3n) is 2.30. The normalized spacial score (nSPS) is 11.7. The highest BCUT2D eigenvalue weighted by atomic mass is 19.1. The maximum absolute atomic E-state index is 13.2. The lowest BCUT2D eigenvalue weighted by atomic mass is 10.2. The Morgan fingerprint density at radius 2 is 2.11 bits per heavy atom. The van der Waals surface area contributed by atoms with Crippen LogP contribution in [0.2, 0.25) is 0 Å². The molecule has 2 amide bonds. The average Bonchev–Trinajstić information content (AvgIpc) is 2.31. The van der Waals surface area contributed by atoms with E-state index in [1.54, 1.807) is 0 Å². The molecule has 0 fully saturated rings. The van der Waals surface area contributed by atoms with Gasteiger partial charge >= 0.3 is 12.0 Å². The quantitative estimate of drug-likeness (QED) is 0.637. The molecule has 0 bridgehead atoms. The van der Waals surface area contributed by atoms with E-state index < -0.39 is 30.5 Å². The number of halogens is 1. The number of carboxylic acids is 1. The molecular weight excluding hydrogens is 243 g/mol. The molecule has 0 aliphatic rings. The molecule has 98 valence electrons. The van der Waals surface area contributed by atoms with E-state index in [1.807, 2.05) is 5.32 Å². The first-order valence-electron chi connectivity index (χ1n) is 5.12. The van der Waals surface area contributed by atoms with Crippen molar-refractivity contribution in [2.45, 2.75) is 13.0 Å². The Hall–Kier alpha value is -2.15. The predicted molar refractivity (Wildman–Crippen MR) is 61.8 cm³/mol. The lowest BCUT2D eigenvalue weighted by Crippen LogP contribution is -2.45. The van der Waals surface area contributed by atoms with Crippen molar-refractivity contribution >= 4 is 17.7 Å². The number of benzene rings is 1. The topological polar surface area (TPSA) is 98.7 Å². The van der Waals surface area contributed by atoms with Crippen LogP contribution in [0.1, 0.15) is 5.56 Å². The molecule has 4 N–H and O–H groups in total. The molecule has 0 saturated carbocycles. The van der Waals surface area contributed by atoms with Gasteiger partial charge in [0.1, 0.15) is 5.82 Å². The Morgan fingerprint density at radius 1 is 1.44 bits per heavy atom. The Balaban J connectivity index is 2.70. The van der Waals surface area contributed by atoms with Gasteiger partial charge in [-0.25, -0.2) is 14.0 Å². The minimum Gasteiger partial charge on any atom is -0.480 e. The van der Waals surface area contributed by atoms with Gasteiger partial charge in [-0.2, -0.15) is 0 Å². The van der Waals surface area contributed by atoms with E-state index in [-0.39, 0.29) is 11.3 Å². The molecule has 0 heterocycles. The Kier molecular flexibility index (Phi) is 4.61. The van der Waals surface area contributed by atoms with Crippen LogP contribution in [0.15, 0.2) is 18.2 Å². The fourth-order valence-electron chi connectivity index (χ4n) is 1.25. The highest BCUT2D eigenvalue weighted by Gasteiger charge is 2.19. The summed E-state index contributed by atoms with van der Waals surface area (Å²) in [6.07, 6.45) is 0. The molecule has 0 spiro atoms. The number of carbonyl (C=O) groups is 2. The summed E-state index contributed by atoms with van der Waals surface area (Å²) in [6, 6.07) is 1.90. The number of hydrogen-bond acceptors (Lipinski definition) is 3. The minimum atomic E-state index is -1.40. The van der Waals surface area contributed by atoms with Crippen LogP contribution in [0.4, 0.5) is 14.9 Å². The summed E-state index contributed by atoms with van der Waals surface area (Å²) in [5.41, 5.74) is 0.470. The van der Waals surface area contributed by atoms with Gasteiger partial charge < -0.3 is 20.8 Å². The number of hydrogen-bond donors (Lipinski definition) is 4. The minimum absolute atomic E-state index is 0.231. The number of aliphatic hydroxyl groups excluding tert-OH is 1. The summed E-state index contributed by atoms with van der Waals surface area (Å²) >= 11 is 0. The number of urea groups is 1. The number of carboxylic acid groups (broad SMARTS) is 1. The predicted octanol–water partition coefficient (Wildman–Crippen LogP) is 0.701. The van der Waals surface area contributed by atoms with Gasteiger partial charge in [-0.1, -0.05) is 6.07 Å². The molecule has 7 heteroatoms.